The minimum absolute atomic E-state index is 0.00728. The van der Waals surface area contributed by atoms with Crippen molar-refractivity contribution in [3.63, 3.8) is 0 Å². The van der Waals surface area contributed by atoms with Gasteiger partial charge in [-0.1, -0.05) is 24.3 Å². The standard InChI is InChI=1S/C31H26F2N4O3/c32-24-11-10-23(15-25(24)33)34-31(40)21-9-12-28(26(14-21)35-30(39)20-5-2-1-3-6-20)36-16-19-13-22(18-36)27-7-4-8-29(38)37(27)17-19/h1-12,14-15,19,22H,13,16-18H2,(H,34,40)(H,35,39)/t19-,22+/m1/s1. The number of nitrogens with one attached hydrogen (secondary N) is 2. The Kier molecular flexibility index (Phi) is 6.63. The van der Waals surface area contributed by atoms with Gasteiger partial charge < -0.3 is 20.1 Å². The molecule has 1 saturated heterocycles. The third-order valence-corrected chi connectivity index (χ3v) is 7.54. The van der Waals surface area contributed by atoms with Gasteiger partial charge in [0.1, 0.15) is 0 Å². The van der Waals surface area contributed by atoms with E-state index >= 15 is 0 Å². The number of carbonyl (C=O) groups excluding carboxylic acids is 2. The number of halogens is 2. The van der Waals surface area contributed by atoms with Gasteiger partial charge in [0.15, 0.2) is 11.6 Å². The fraction of sp³-hybridized carbons (Fsp3) is 0.194. The number of hydrogen-bond acceptors (Lipinski definition) is 4. The lowest BCUT2D eigenvalue weighted by Gasteiger charge is -2.44. The third kappa shape index (κ3) is 4.98. The Labute approximate surface area is 229 Å². The molecule has 0 radical (unpaired) electrons. The SMILES string of the molecule is O=C(Nc1ccc(F)c(F)c1)c1ccc(N2C[C@H]3C[C@@H](C2)c2cccc(=O)n2C3)c(NC(=O)c2ccccc2)c1. The van der Waals surface area contributed by atoms with E-state index in [4.69, 9.17) is 0 Å². The quantitative estimate of drug-likeness (QED) is 0.362. The number of pyridine rings is 1. The molecule has 40 heavy (non-hydrogen) atoms. The van der Waals surface area contributed by atoms with Gasteiger partial charge in [0.25, 0.3) is 17.4 Å². The Balaban J connectivity index is 1.32. The minimum Gasteiger partial charge on any atom is -0.369 e. The van der Waals surface area contributed by atoms with Crippen molar-refractivity contribution in [1.29, 1.82) is 0 Å². The van der Waals surface area contributed by atoms with Gasteiger partial charge in [-0.15, -0.1) is 0 Å². The topological polar surface area (TPSA) is 83.4 Å². The van der Waals surface area contributed by atoms with E-state index < -0.39 is 17.5 Å². The lowest BCUT2D eigenvalue weighted by Crippen LogP contribution is -2.47. The molecule has 2 aliphatic heterocycles. The minimum atomic E-state index is -1.07. The Bertz CT molecular complexity index is 1670. The molecule has 7 nitrogen and oxygen atoms in total. The van der Waals surface area contributed by atoms with Crippen molar-refractivity contribution in [2.45, 2.75) is 18.9 Å². The van der Waals surface area contributed by atoms with Crippen LogP contribution in [0.5, 0.6) is 0 Å². The summed E-state index contributed by atoms with van der Waals surface area (Å²) in [6.45, 7) is 1.96. The van der Waals surface area contributed by atoms with Crippen molar-refractivity contribution < 1.29 is 18.4 Å². The molecule has 2 bridgehead atoms. The van der Waals surface area contributed by atoms with Crippen LogP contribution in [0.2, 0.25) is 0 Å². The number of fused-ring (bicyclic) bond motifs is 4. The molecule has 0 spiro atoms. The van der Waals surface area contributed by atoms with Gasteiger partial charge in [-0.3, -0.25) is 14.4 Å². The second-order valence-electron chi connectivity index (χ2n) is 10.2. The monoisotopic (exact) mass is 540 g/mol. The van der Waals surface area contributed by atoms with E-state index in [1.54, 1.807) is 54.6 Å². The van der Waals surface area contributed by atoms with E-state index in [-0.39, 0.29) is 34.6 Å². The molecule has 9 heteroatoms. The van der Waals surface area contributed by atoms with Gasteiger partial charge in [0.2, 0.25) is 0 Å². The van der Waals surface area contributed by atoms with E-state index in [9.17, 15) is 23.2 Å². The normalized spacial score (nSPS) is 17.6. The Morgan fingerprint density at radius 3 is 2.35 bits per heavy atom. The molecular weight excluding hydrogens is 514 g/mol. The largest absolute Gasteiger partial charge is 0.369 e. The van der Waals surface area contributed by atoms with Gasteiger partial charge in [-0.25, -0.2) is 8.78 Å². The summed E-state index contributed by atoms with van der Waals surface area (Å²) in [5, 5.41) is 5.55. The summed E-state index contributed by atoms with van der Waals surface area (Å²) in [7, 11) is 0. The van der Waals surface area contributed by atoms with Crippen LogP contribution in [0.25, 0.3) is 0 Å². The zero-order valence-corrected chi connectivity index (χ0v) is 21.4. The highest BCUT2D eigenvalue weighted by molar-refractivity contribution is 6.09. The fourth-order valence-electron chi connectivity index (χ4n) is 5.71. The average molecular weight is 541 g/mol. The summed E-state index contributed by atoms with van der Waals surface area (Å²) < 4.78 is 28.9. The maximum absolute atomic E-state index is 13.7. The molecule has 0 saturated carbocycles. The summed E-state index contributed by atoms with van der Waals surface area (Å²) in [4.78, 5) is 40.8. The summed E-state index contributed by atoms with van der Waals surface area (Å²) >= 11 is 0. The summed E-state index contributed by atoms with van der Waals surface area (Å²) in [6, 6.07) is 22.3. The Morgan fingerprint density at radius 1 is 0.750 bits per heavy atom. The number of benzene rings is 3. The van der Waals surface area contributed by atoms with Crippen LogP contribution in [0.1, 0.15) is 38.7 Å². The molecule has 6 rings (SSSR count). The van der Waals surface area contributed by atoms with Crippen molar-refractivity contribution >= 4 is 28.9 Å². The molecule has 2 N–H and O–H groups in total. The molecule has 3 heterocycles. The summed E-state index contributed by atoms with van der Waals surface area (Å²) in [5.74, 6) is -2.53. The zero-order chi connectivity index (χ0) is 27.8. The predicted molar refractivity (Wildman–Crippen MR) is 149 cm³/mol. The summed E-state index contributed by atoms with van der Waals surface area (Å²) in [5.41, 5.74) is 3.05. The molecule has 2 aliphatic rings. The van der Waals surface area contributed by atoms with Crippen molar-refractivity contribution in [2.24, 2.45) is 5.92 Å². The highest BCUT2D eigenvalue weighted by Gasteiger charge is 2.35. The first-order valence-electron chi connectivity index (χ1n) is 13.1. The van der Waals surface area contributed by atoms with Gasteiger partial charge in [-0.2, -0.15) is 0 Å². The molecule has 202 valence electrons. The van der Waals surface area contributed by atoms with E-state index in [0.717, 1.165) is 29.9 Å². The van der Waals surface area contributed by atoms with Gasteiger partial charge >= 0.3 is 0 Å². The highest BCUT2D eigenvalue weighted by Crippen LogP contribution is 2.39. The van der Waals surface area contributed by atoms with E-state index in [1.165, 1.54) is 6.07 Å². The van der Waals surface area contributed by atoms with Crippen molar-refractivity contribution in [2.75, 3.05) is 28.6 Å². The first-order chi connectivity index (χ1) is 19.4. The van der Waals surface area contributed by atoms with Crippen molar-refractivity contribution in [3.8, 4) is 0 Å². The van der Waals surface area contributed by atoms with E-state index in [1.807, 2.05) is 16.7 Å². The van der Waals surface area contributed by atoms with Crippen molar-refractivity contribution in [3.05, 3.63) is 124 Å². The molecule has 4 aromatic rings. The number of carbonyl (C=O) groups is 2. The molecule has 2 amide bonds. The van der Waals surface area contributed by atoms with Gasteiger partial charge in [0, 0.05) is 60.2 Å². The highest BCUT2D eigenvalue weighted by atomic mass is 19.2. The molecular formula is C31H26F2N4O3. The molecule has 1 aromatic heterocycles. The van der Waals surface area contributed by atoms with Crippen LogP contribution >= 0.6 is 0 Å². The van der Waals surface area contributed by atoms with E-state index in [2.05, 4.69) is 15.5 Å². The number of hydrogen-bond donors (Lipinski definition) is 2. The number of piperidine rings is 1. The molecule has 1 fully saturated rings. The number of rotatable bonds is 5. The number of anilines is 3. The van der Waals surface area contributed by atoms with Crippen LogP contribution in [0.3, 0.4) is 0 Å². The van der Waals surface area contributed by atoms with Crippen LogP contribution in [0.4, 0.5) is 25.8 Å². The lowest BCUT2D eigenvalue weighted by molar-refractivity contribution is 0.101. The Morgan fingerprint density at radius 2 is 1.55 bits per heavy atom. The number of aromatic nitrogens is 1. The molecule has 3 aromatic carbocycles. The predicted octanol–water partition coefficient (Wildman–Crippen LogP) is 5.25. The molecule has 2 atom stereocenters. The maximum atomic E-state index is 13.7. The zero-order valence-electron chi connectivity index (χ0n) is 21.4. The number of nitrogens with zero attached hydrogens (tertiary/aromatic N) is 2. The second kappa shape index (κ2) is 10.4. The van der Waals surface area contributed by atoms with Crippen LogP contribution in [0.15, 0.2) is 89.7 Å². The van der Waals surface area contributed by atoms with E-state index in [0.29, 0.717) is 30.9 Å². The molecule has 0 unspecified atom stereocenters. The van der Waals surface area contributed by atoms with Gasteiger partial charge in [0.05, 0.1) is 11.4 Å². The first-order valence-corrected chi connectivity index (χ1v) is 13.1. The van der Waals surface area contributed by atoms with Crippen LogP contribution in [-0.4, -0.2) is 29.5 Å². The van der Waals surface area contributed by atoms with Crippen LogP contribution < -0.4 is 21.1 Å². The second-order valence-corrected chi connectivity index (χ2v) is 10.2. The van der Waals surface area contributed by atoms with Crippen molar-refractivity contribution in [1.82, 2.24) is 4.57 Å². The van der Waals surface area contributed by atoms with Gasteiger partial charge in [-0.05, 0) is 60.9 Å². The summed E-state index contributed by atoms with van der Waals surface area (Å²) in [6.07, 6.45) is 0.973. The smallest absolute Gasteiger partial charge is 0.255 e. The third-order valence-electron chi connectivity index (χ3n) is 7.54. The first kappa shape index (κ1) is 25.5. The van der Waals surface area contributed by atoms with Crippen LogP contribution in [-0.2, 0) is 6.54 Å². The van der Waals surface area contributed by atoms with Crippen LogP contribution in [0, 0.1) is 17.6 Å². The maximum Gasteiger partial charge on any atom is 0.255 e. The average Bonchev–Trinajstić information content (AvgIpc) is 2.96. The Hall–Kier alpha value is -4.79. The molecule has 0 aliphatic carbocycles. The lowest BCUT2D eigenvalue weighted by atomic mass is 9.83. The number of amides is 2. The fourth-order valence-corrected chi connectivity index (χ4v) is 5.71.